The van der Waals surface area contributed by atoms with Crippen molar-refractivity contribution in [2.75, 3.05) is 6.54 Å². The van der Waals surface area contributed by atoms with E-state index in [0.29, 0.717) is 13.0 Å². The van der Waals surface area contributed by atoms with Crippen LogP contribution in [0.1, 0.15) is 95.5 Å². The van der Waals surface area contributed by atoms with Crippen molar-refractivity contribution in [3.63, 3.8) is 0 Å². The monoisotopic (exact) mass is 567 g/mol. The number of nitrogens with one attached hydrogen (secondary N) is 2. The van der Waals surface area contributed by atoms with E-state index in [0.717, 1.165) is 41.5 Å². The Kier molecular flexibility index (Phi) is 12.7. The molecule has 0 heterocycles. The number of carbonyl (C=O) groups is 3. The maximum atomic E-state index is 14.5. The van der Waals surface area contributed by atoms with Crippen LogP contribution in [0.5, 0.6) is 5.75 Å². The number of hydrogen-bond acceptors (Lipinski definition) is 5. The molecule has 226 valence electrons. The number of carbonyl (C=O) groups excluding carboxylic acids is 3. The minimum Gasteiger partial charge on any atom is -0.508 e. The number of nitrogens with zero attached hydrogens (tertiary/aromatic N) is 1. The molecule has 3 unspecified atom stereocenters. The van der Waals surface area contributed by atoms with Crippen LogP contribution >= 0.6 is 0 Å². The Hall–Kier alpha value is -3.55. The number of alkyl carbamates (subject to hydrolysis) is 1. The van der Waals surface area contributed by atoms with Gasteiger partial charge in [0.05, 0.1) is 0 Å². The van der Waals surface area contributed by atoms with Gasteiger partial charge in [-0.1, -0.05) is 68.1 Å². The van der Waals surface area contributed by atoms with Crippen molar-refractivity contribution in [3.8, 4) is 5.75 Å². The predicted molar refractivity (Wildman–Crippen MR) is 163 cm³/mol. The number of benzene rings is 2. The molecule has 3 N–H and O–H groups in total. The Morgan fingerprint density at radius 3 is 2.12 bits per heavy atom. The summed E-state index contributed by atoms with van der Waals surface area (Å²) in [4.78, 5) is 42.9. The van der Waals surface area contributed by atoms with Gasteiger partial charge >= 0.3 is 6.09 Å². The summed E-state index contributed by atoms with van der Waals surface area (Å²) in [7, 11) is 0. The molecule has 0 aliphatic heterocycles. The number of ether oxygens (including phenoxy) is 1. The Labute approximate surface area is 245 Å². The fraction of sp³-hybridized carbons (Fsp3) is 0.545. The van der Waals surface area contributed by atoms with Gasteiger partial charge in [-0.2, -0.15) is 0 Å². The summed E-state index contributed by atoms with van der Waals surface area (Å²) in [6.45, 7) is 15.7. The van der Waals surface area contributed by atoms with Crippen molar-refractivity contribution in [3.05, 3.63) is 64.7 Å². The average Bonchev–Trinajstić information content (AvgIpc) is 2.88. The molecular weight excluding hydrogens is 518 g/mol. The molecule has 2 aromatic carbocycles. The molecule has 2 rings (SSSR count). The highest BCUT2D eigenvalue weighted by molar-refractivity contribution is 5.92. The second-order valence-corrected chi connectivity index (χ2v) is 11.9. The maximum Gasteiger partial charge on any atom is 0.408 e. The molecule has 0 aliphatic carbocycles. The first-order chi connectivity index (χ1) is 19.2. The lowest BCUT2D eigenvalue weighted by Gasteiger charge is -2.38. The normalized spacial score (nSPS) is 13.6. The number of phenols is 1. The topological polar surface area (TPSA) is 108 Å². The van der Waals surface area contributed by atoms with E-state index in [1.54, 1.807) is 49.9 Å². The van der Waals surface area contributed by atoms with E-state index in [4.69, 9.17) is 4.74 Å². The van der Waals surface area contributed by atoms with Crippen LogP contribution in [-0.4, -0.2) is 52.1 Å². The van der Waals surface area contributed by atoms with Crippen molar-refractivity contribution < 1.29 is 24.2 Å². The molecule has 8 nitrogen and oxygen atoms in total. The molecule has 0 fully saturated rings. The summed E-state index contributed by atoms with van der Waals surface area (Å²) in [5.74, 6) is -0.529. The van der Waals surface area contributed by atoms with Crippen molar-refractivity contribution in [2.45, 2.75) is 111 Å². The molecule has 0 aliphatic rings. The Morgan fingerprint density at radius 1 is 0.976 bits per heavy atom. The smallest absolute Gasteiger partial charge is 0.408 e. The second kappa shape index (κ2) is 15.5. The molecule has 0 saturated carbocycles. The summed E-state index contributed by atoms with van der Waals surface area (Å²) in [5, 5.41) is 15.6. The fourth-order valence-corrected chi connectivity index (χ4v) is 4.78. The zero-order valence-corrected chi connectivity index (χ0v) is 26.0. The Bertz CT molecular complexity index is 1140. The summed E-state index contributed by atoms with van der Waals surface area (Å²) in [5.41, 5.74) is 2.70. The highest BCUT2D eigenvalue weighted by Crippen LogP contribution is 2.28. The highest BCUT2D eigenvalue weighted by atomic mass is 16.6. The summed E-state index contributed by atoms with van der Waals surface area (Å²) < 4.78 is 5.50. The standard InChI is InChI=1S/C33H49N3O5/c1-9-11-12-17-34-30(38)29(26-19-22(3)18-23(4)20-26)36(24(5)10-2)31(39)28(35-32(40)41-33(6,7)8)21-25-13-15-27(37)16-14-25/h13-16,18-20,24,28-29,37H,9-12,17,21H2,1-8H3,(H,34,38)(H,35,40). The lowest BCUT2D eigenvalue weighted by Crippen LogP contribution is -2.56. The van der Waals surface area contributed by atoms with Gasteiger partial charge in [0, 0.05) is 19.0 Å². The van der Waals surface area contributed by atoms with Crippen LogP contribution < -0.4 is 10.6 Å². The van der Waals surface area contributed by atoms with Crippen LogP contribution in [0, 0.1) is 13.8 Å². The van der Waals surface area contributed by atoms with Crippen LogP contribution in [0.15, 0.2) is 42.5 Å². The first-order valence-corrected chi connectivity index (χ1v) is 14.7. The Morgan fingerprint density at radius 2 is 1.59 bits per heavy atom. The van der Waals surface area contributed by atoms with Crippen LogP contribution in [0.2, 0.25) is 0 Å². The summed E-state index contributed by atoms with van der Waals surface area (Å²) >= 11 is 0. The zero-order valence-electron chi connectivity index (χ0n) is 26.0. The molecule has 0 bridgehead atoms. The van der Waals surface area contributed by atoms with Crippen molar-refractivity contribution in [1.29, 1.82) is 0 Å². The number of rotatable bonds is 13. The van der Waals surface area contributed by atoms with Crippen LogP contribution in [0.25, 0.3) is 0 Å². The fourth-order valence-electron chi connectivity index (χ4n) is 4.78. The third-order valence-corrected chi connectivity index (χ3v) is 6.85. The molecule has 0 radical (unpaired) electrons. The Balaban J connectivity index is 2.59. The lowest BCUT2D eigenvalue weighted by atomic mass is 9.95. The molecule has 3 atom stereocenters. The number of aryl methyl sites for hydroxylation is 2. The van der Waals surface area contributed by atoms with E-state index in [-0.39, 0.29) is 30.0 Å². The number of phenolic OH excluding ortho intramolecular Hbond substituents is 1. The van der Waals surface area contributed by atoms with Gasteiger partial charge in [0.1, 0.15) is 23.4 Å². The molecule has 3 amide bonds. The molecule has 41 heavy (non-hydrogen) atoms. The molecule has 0 aromatic heterocycles. The van der Waals surface area contributed by atoms with Crippen LogP contribution in [-0.2, 0) is 20.7 Å². The van der Waals surface area contributed by atoms with E-state index < -0.39 is 23.8 Å². The van der Waals surface area contributed by atoms with E-state index in [2.05, 4.69) is 17.6 Å². The minimum atomic E-state index is -1.01. The van der Waals surface area contributed by atoms with Crippen molar-refractivity contribution >= 4 is 17.9 Å². The van der Waals surface area contributed by atoms with Gasteiger partial charge < -0.3 is 25.4 Å². The molecule has 2 aromatic rings. The quantitative estimate of drug-likeness (QED) is 0.253. The van der Waals surface area contributed by atoms with Gasteiger partial charge in [0.15, 0.2) is 0 Å². The minimum absolute atomic E-state index is 0.104. The molecule has 0 saturated heterocycles. The zero-order chi connectivity index (χ0) is 30.7. The van der Waals surface area contributed by atoms with Crippen LogP contribution in [0.4, 0.5) is 4.79 Å². The van der Waals surface area contributed by atoms with E-state index in [9.17, 15) is 19.5 Å². The number of amides is 3. The lowest BCUT2D eigenvalue weighted by molar-refractivity contribution is -0.145. The van der Waals surface area contributed by atoms with Gasteiger partial charge in [0.25, 0.3) is 0 Å². The van der Waals surface area contributed by atoms with E-state index >= 15 is 0 Å². The van der Waals surface area contributed by atoms with Gasteiger partial charge in [-0.25, -0.2) is 4.79 Å². The van der Waals surface area contributed by atoms with E-state index in [1.165, 1.54) is 0 Å². The third kappa shape index (κ3) is 10.7. The predicted octanol–water partition coefficient (Wildman–Crippen LogP) is 6.12. The van der Waals surface area contributed by atoms with Gasteiger partial charge in [-0.15, -0.1) is 0 Å². The average molecular weight is 568 g/mol. The molecular formula is C33H49N3O5. The molecule has 8 heteroatoms. The summed E-state index contributed by atoms with van der Waals surface area (Å²) in [6, 6.07) is 10.2. The van der Waals surface area contributed by atoms with Gasteiger partial charge in [-0.3, -0.25) is 9.59 Å². The van der Waals surface area contributed by atoms with Gasteiger partial charge in [-0.05, 0) is 77.6 Å². The van der Waals surface area contributed by atoms with Crippen molar-refractivity contribution in [1.82, 2.24) is 15.5 Å². The number of aromatic hydroxyl groups is 1. The second-order valence-electron chi connectivity index (χ2n) is 11.9. The number of unbranched alkanes of at least 4 members (excludes halogenated alkanes) is 2. The summed E-state index contributed by atoms with van der Waals surface area (Å²) in [6.07, 6.45) is 2.92. The highest BCUT2D eigenvalue weighted by Gasteiger charge is 2.38. The maximum absolute atomic E-state index is 14.5. The van der Waals surface area contributed by atoms with E-state index in [1.807, 2.05) is 45.9 Å². The SMILES string of the molecule is CCCCCNC(=O)C(c1cc(C)cc(C)c1)N(C(=O)C(Cc1ccc(O)cc1)NC(=O)OC(C)(C)C)C(C)CC. The molecule has 0 spiro atoms. The largest absolute Gasteiger partial charge is 0.508 e. The van der Waals surface area contributed by atoms with Crippen LogP contribution in [0.3, 0.4) is 0 Å². The third-order valence-electron chi connectivity index (χ3n) is 6.85. The van der Waals surface area contributed by atoms with Gasteiger partial charge in [0.2, 0.25) is 11.8 Å². The first kappa shape index (κ1) is 33.7. The first-order valence-electron chi connectivity index (χ1n) is 14.7. The number of hydrogen-bond donors (Lipinski definition) is 3. The van der Waals surface area contributed by atoms with Crippen molar-refractivity contribution in [2.24, 2.45) is 0 Å².